The number of benzene rings is 1. The Labute approximate surface area is 132 Å². The van der Waals surface area contributed by atoms with E-state index in [1.807, 2.05) is 6.07 Å². The zero-order valence-corrected chi connectivity index (χ0v) is 13.6. The first-order valence-corrected chi connectivity index (χ1v) is 7.07. The van der Waals surface area contributed by atoms with Crippen LogP contribution in [0.5, 0.6) is 0 Å². The summed E-state index contributed by atoms with van der Waals surface area (Å²) in [7, 11) is 0. The molecule has 4 nitrogen and oxygen atoms in total. The smallest absolute Gasteiger partial charge is 0.333 e. The zero-order chi connectivity index (χ0) is 17.0. The van der Waals surface area contributed by atoms with Gasteiger partial charge in [0, 0.05) is 11.1 Å². The maximum atomic E-state index is 10.8. The van der Waals surface area contributed by atoms with Crippen LogP contribution in [-0.2, 0) is 25.5 Å². The molecular weight excluding hydrogens is 280 g/mol. The van der Waals surface area contributed by atoms with Crippen LogP contribution in [0.1, 0.15) is 26.3 Å². The Balaban J connectivity index is 0.000000461. The van der Waals surface area contributed by atoms with E-state index in [0.29, 0.717) is 11.1 Å². The van der Waals surface area contributed by atoms with Crippen LogP contribution in [0.2, 0.25) is 0 Å². The highest BCUT2D eigenvalue weighted by Gasteiger charge is 2.05. The molecule has 0 atom stereocenters. The van der Waals surface area contributed by atoms with Gasteiger partial charge in [-0.15, -0.1) is 0 Å². The van der Waals surface area contributed by atoms with Crippen molar-refractivity contribution in [3.63, 3.8) is 0 Å². The molecule has 0 amide bonds. The molecule has 0 aliphatic rings. The number of carbonyl (C=O) groups is 2. The molecule has 0 aliphatic carbocycles. The predicted octanol–water partition coefficient (Wildman–Crippen LogP) is 3.47. The molecule has 0 saturated carbocycles. The van der Waals surface area contributed by atoms with Crippen LogP contribution in [0.3, 0.4) is 0 Å². The molecule has 0 fully saturated rings. The molecule has 1 aromatic carbocycles. The molecule has 0 radical (unpaired) electrons. The molecule has 0 spiro atoms. The van der Waals surface area contributed by atoms with Gasteiger partial charge in [0.25, 0.3) is 0 Å². The minimum atomic E-state index is -0.489. The van der Waals surface area contributed by atoms with E-state index < -0.39 is 11.9 Å². The van der Waals surface area contributed by atoms with Crippen LogP contribution in [0.15, 0.2) is 54.6 Å². The van der Waals surface area contributed by atoms with Crippen molar-refractivity contribution in [3.8, 4) is 0 Å². The van der Waals surface area contributed by atoms with Crippen molar-refractivity contribution in [1.29, 1.82) is 0 Å². The first-order chi connectivity index (χ1) is 10.4. The van der Waals surface area contributed by atoms with Gasteiger partial charge in [0.1, 0.15) is 13.2 Å². The Hall–Kier alpha value is -2.36. The van der Waals surface area contributed by atoms with Crippen molar-refractivity contribution in [2.75, 3.05) is 13.2 Å². The molecule has 4 heteroatoms. The lowest BCUT2D eigenvalue weighted by atomic mass is 10.2. The van der Waals surface area contributed by atoms with Crippen molar-refractivity contribution >= 4 is 11.9 Å². The fraction of sp³-hybridized carbons (Fsp3) is 0.333. The maximum Gasteiger partial charge on any atom is 0.333 e. The van der Waals surface area contributed by atoms with Crippen LogP contribution >= 0.6 is 0 Å². The van der Waals surface area contributed by atoms with E-state index in [1.165, 1.54) is 5.56 Å². The number of hydrogen-bond donors (Lipinski definition) is 0. The molecular formula is C18H24O4. The number of hydrogen-bond acceptors (Lipinski definition) is 4. The fourth-order valence-corrected chi connectivity index (χ4v) is 1.23. The summed E-state index contributed by atoms with van der Waals surface area (Å²) in [5, 5.41) is 0. The third-order valence-corrected chi connectivity index (χ3v) is 2.50. The summed E-state index contributed by atoms with van der Waals surface area (Å²) in [5.41, 5.74) is 2.04. The lowest BCUT2D eigenvalue weighted by Gasteiger charge is -2.05. The molecule has 0 saturated heterocycles. The van der Waals surface area contributed by atoms with Gasteiger partial charge in [0.05, 0.1) is 0 Å². The van der Waals surface area contributed by atoms with Crippen LogP contribution < -0.4 is 0 Å². The minimum Gasteiger partial charge on any atom is -0.459 e. The van der Waals surface area contributed by atoms with Gasteiger partial charge < -0.3 is 9.47 Å². The fourth-order valence-electron chi connectivity index (χ4n) is 1.23. The highest BCUT2D eigenvalue weighted by Crippen LogP contribution is 1.97. The molecule has 0 heterocycles. The Morgan fingerprint density at radius 1 is 0.909 bits per heavy atom. The van der Waals surface area contributed by atoms with E-state index in [0.717, 1.165) is 6.42 Å². The summed E-state index contributed by atoms with van der Waals surface area (Å²) >= 11 is 0. The molecule has 120 valence electrons. The van der Waals surface area contributed by atoms with E-state index >= 15 is 0 Å². The van der Waals surface area contributed by atoms with Gasteiger partial charge in [0.15, 0.2) is 0 Å². The predicted molar refractivity (Wildman–Crippen MR) is 87.4 cm³/mol. The molecule has 1 aromatic rings. The summed E-state index contributed by atoms with van der Waals surface area (Å²) in [6.45, 7) is 12.1. The largest absolute Gasteiger partial charge is 0.459 e. The quantitative estimate of drug-likeness (QED) is 0.459. The number of aryl methyl sites for hydroxylation is 1. The van der Waals surface area contributed by atoms with Gasteiger partial charge >= 0.3 is 11.9 Å². The van der Waals surface area contributed by atoms with E-state index in [-0.39, 0.29) is 13.2 Å². The number of esters is 2. The lowest BCUT2D eigenvalue weighted by molar-refractivity contribution is -0.147. The van der Waals surface area contributed by atoms with E-state index in [9.17, 15) is 9.59 Å². The number of rotatable bonds is 6. The van der Waals surface area contributed by atoms with Gasteiger partial charge in [-0.05, 0) is 25.8 Å². The molecule has 1 rings (SSSR count). The zero-order valence-electron chi connectivity index (χ0n) is 13.6. The number of ether oxygens (including phenoxy) is 2. The highest BCUT2D eigenvalue weighted by atomic mass is 16.6. The monoisotopic (exact) mass is 304 g/mol. The van der Waals surface area contributed by atoms with Crippen molar-refractivity contribution in [3.05, 3.63) is 60.2 Å². The van der Waals surface area contributed by atoms with Gasteiger partial charge in [-0.1, -0.05) is 50.4 Å². The van der Waals surface area contributed by atoms with E-state index in [2.05, 4.69) is 53.8 Å². The topological polar surface area (TPSA) is 52.6 Å². The van der Waals surface area contributed by atoms with Crippen LogP contribution in [0.25, 0.3) is 0 Å². The van der Waals surface area contributed by atoms with Crippen LogP contribution in [-0.4, -0.2) is 25.2 Å². The van der Waals surface area contributed by atoms with Gasteiger partial charge in [0.2, 0.25) is 0 Å². The highest BCUT2D eigenvalue weighted by molar-refractivity contribution is 5.87. The summed E-state index contributed by atoms with van der Waals surface area (Å²) in [6.07, 6.45) is 1.14. The third-order valence-electron chi connectivity index (χ3n) is 2.50. The lowest BCUT2D eigenvalue weighted by Crippen LogP contribution is -2.14. The van der Waals surface area contributed by atoms with E-state index in [4.69, 9.17) is 0 Å². The van der Waals surface area contributed by atoms with Crippen LogP contribution in [0, 0.1) is 0 Å². The summed E-state index contributed by atoms with van der Waals surface area (Å²) in [4.78, 5) is 21.7. The summed E-state index contributed by atoms with van der Waals surface area (Å²) in [6, 6.07) is 10.5. The maximum absolute atomic E-state index is 10.8. The average molecular weight is 304 g/mol. The van der Waals surface area contributed by atoms with Crippen molar-refractivity contribution in [2.24, 2.45) is 0 Å². The minimum absolute atomic E-state index is 0.0325. The van der Waals surface area contributed by atoms with E-state index in [1.54, 1.807) is 13.8 Å². The molecule has 0 bridgehead atoms. The second-order valence-corrected chi connectivity index (χ2v) is 4.67. The normalized spacial score (nSPS) is 9.05. The van der Waals surface area contributed by atoms with Gasteiger partial charge in [-0.3, -0.25) is 0 Å². The van der Waals surface area contributed by atoms with Gasteiger partial charge in [-0.25, -0.2) is 9.59 Å². The molecule has 0 unspecified atom stereocenters. The van der Waals surface area contributed by atoms with Crippen molar-refractivity contribution in [1.82, 2.24) is 0 Å². The van der Waals surface area contributed by atoms with Crippen molar-refractivity contribution < 1.29 is 19.1 Å². The Morgan fingerprint density at radius 2 is 1.32 bits per heavy atom. The number of carbonyl (C=O) groups excluding carboxylic acids is 2. The Bertz CT molecular complexity index is 475. The second kappa shape index (κ2) is 11.3. The third kappa shape index (κ3) is 9.53. The summed E-state index contributed by atoms with van der Waals surface area (Å²) < 4.78 is 9.38. The molecule has 0 aromatic heterocycles. The SMILES string of the molecule is C=C(C)C(=O)OCCOC(=O)C(=C)C.CCc1ccccc1. The first-order valence-electron chi connectivity index (χ1n) is 7.07. The van der Waals surface area contributed by atoms with Crippen molar-refractivity contribution in [2.45, 2.75) is 27.2 Å². The molecule has 0 aliphatic heterocycles. The average Bonchev–Trinajstić information content (AvgIpc) is 2.52. The summed E-state index contributed by atoms with van der Waals surface area (Å²) in [5.74, 6) is -0.979. The Morgan fingerprint density at radius 3 is 1.59 bits per heavy atom. The first kappa shape index (κ1) is 19.6. The Kier molecular flexibility index (Phi) is 10.1. The standard InChI is InChI=1S/C10H14O4.C8H10/c1-7(2)9(11)13-5-6-14-10(12)8(3)4;1-2-8-6-4-3-5-7-8/h1,3,5-6H2,2,4H3;3-7H,2H2,1H3. The van der Waals surface area contributed by atoms with Crippen LogP contribution in [0.4, 0.5) is 0 Å². The second-order valence-electron chi connectivity index (χ2n) is 4.67. The molecule has 0 N–H and O–H groups in total. The van der Waals surface area contributed by atoms with Gasteiger partial charge in [-0.2, -0.15) is 0 Å². The molecule has 22 heavy (non-hydrogen) atoms.